The van der Waals surface area contributed by atoms with Crippen molar-refractivity contribution in [2.24, 2.45) is 5.41 Å². The van der Waals surface area contributed by atoms with Gasteiger partial charge in [-0.3, -0.25) is 4.79 Å². The number of aromatic nitrogens is 2. The quantitative estimate of drug-likeness (QED) is 0.640. The molecule has 6 rings (SSSR count). The normalized spacial score (nSPS) is 25.1. The molecular weight excluding hydrogens is 418 g/mol. The van der Waals surface area contributed by atoms with Gasteiger partial charge in [-0.1, -0.05) is 41.7 Å². The van der Waals surface area contributed by atoms with Crippen molar-refractivity contribution in [1.29, 1.82) is 0 Å². The van der Waals surface area contributed by atoms with Gasteiger partial charge < -0.3 is 15.5 Å². The first kappa shape index (κ1) is 20.3. The Morgan fingerprint density at radius 3 is 2.84 bits per heavy atom. The van der Waals surface area contributed by atoms with Crippen LogP contribution in [0.1, 0.15) is 43.2 Å². The first-order valence-electron chi connectivity index (χ1n) is 11.8. The van der Waals surface area contributed by atoms with Gasteiger partial charge in [-0.15, -0.1) is 0 Å². The Kier molecular flexibility index (Phi) is 5.20. The molecule has 0 radical (unpaired) electrons. The highest BCUT2D eigenvalue weighted by Crippen LogP contribution is 2.41. The smallest absolute Gasteiger partial charge is 0.240 e. The molecule has 3 fully saturated rings. The average Bonchev–Trinajstić information content (AvgIpc) is 3.58. The molecule has 5 heterocycles. The summed E-state index contributed by atoms with van der Waals surface area (Å²) in [6.45, 7) is 3.93. The van der Waals surface area contributed by atoms with E-state index in [-0.39, 0.29) is 18.0 Å². The summed E-state index contributed by atoms with van der Waals surface area (Å²) in [5, 5.41) is 8.06. The first-order valence-corrected chi connectivity index (χ1v) is 12.6. The lowest BCUT2D eigenvalue weighted by Gasteiger charge is -2.33. The van der Waals surface area contributed by atoms with Gasteiger partial charge in [0.15, 0.2) is 0 Å². The number of amides is 1. The van der Waals surface area contributed by atoms with E-state index < -0.39 is 0 Å². The Morgan fingerprint density at radius 2 is 2.00 bits per heavy atom. The molecule has 3 saturated heterocycles. The first-order chi connectivity index (χ1) is 15.7. The van der Waals surface area contributed by atoms with Gasteiger partial charge in [-0.05, 0) is 62.2 Å². The van der Waals surface area contributed by atoms with E-state index in [1.807, 2.05) is 18.3 Å². The van der Waals surface area contributed by atoms with Crippen molar-refractivity contribution in [3.8, 4) is 11.1 Å². The summed E-state index contributed by atoms with van der Waals surface area (Å²) in [4.78, 5) is 26.3. The van der Waals surface area contributed by atoms with E-state index in [1.54, 1.807) is 11.3 Å². The summed E-state index contributed by atoms with van der Waals surface area (Å²) in [7, 11) is 0. The van der Waals surface area contributed by atoms with Gasteiger partial charge in [0.1, 0.15) is 15.4 Å². The monoisotopic (exact) mass is 447 g/mol. The van der Waals surface area contributed by atoms with Crippen LogP contribution in [0.25, 0.3) is 21.5 Å². The minimum Gasteiger partial charge on any atom is -0.332 e. The zero-order valence-corrected chi connectivity index (χ0v) is 19.0. The molecule has 1 aromatic carbocycles. The number of benzene rings is 1. The van der Waals surface area contributed by atoms with E-state index in [9.17, 15) is 4.79 Å². The second kappa shape index (κ2) is 8.21. The summed E-state index contributed by atoms with van der Waals surface area (Å²) in [5.41, 5.74) is 3.51. The standard InChI is InChI=1S/C25H29N5OS/c31-24(19-15-25(16-28-19)9-12-26-13-10-25)30-14-4-7-20(30)22-29-21-18(8-11-27-23(21)32-22)17-5-2-1-3-6-17/h1-3,5-6,8,11,19-20,26,28H,4,7,9-10,12-16H2/t19?,20-/m0/s1. The molecule has 2 atom stereocenters. The molecule has 32 heavy (non-hydrogen) atoms. The van der Waals surface area contributed by atoms with Crippen LogP contribution in [0.15, 0.2) is 42.6 Å². The number of hydrogen-bond acceptors (Lipinski definition) is 6. The Hall–Kier alpha value is -2.35. The van der Waals surface area contributed by atoms with Gasteiger partial charge in [0, 0.05) is 24.8 Å². The second-order valence-corrected chi connectivity index (χ2v) is 10.5. The predicted molar refractivity (Wildman–Crippen MR) is 127 cm³/mol. The lowest BCUT2D eigenvalue weighted by atomic mass is 9.77. The van der Waals surface area contributed by atoms with Crippen LogP contribution in [0, 0.1) is 5.41 Å². The molecule has 0 saturated carbocycles. The van der Waals surface area contributed by atoms with Crippen LogP contribution in [-0.4, -0.2) is 53.0 Å². The minimum atomic E-state index is -0.0546. The number of carbonyl (C=O) groups is 1. The summed E-state index contributed by atoms with van der Waals surface area (Å²) in [6.07, 6.45) is 7.18. The number of fused-ring (bicyclic) bond motifs is 1. The maximum atomic E-state index is 13.6. The SMILES string of the molecule is O=C(C1CC2(CCNCC2)CN1)N1CCC[C@H]1c1nc2c(-c3ccccc3)ccnc2s1. The van der Waals surface area contributed by atoms with Crippen LogP contribution >= 0.6 is 11.3 Å². The molecule has 2 aromatic heterocycles. The fourth-order valence-electron chi connectivity index (χ4n) is 5.76. The average molecular weight is 448 g/mol. The largest absolute Gasteiger partial charge is 0.332 e. The molecule has 1 unspecified atom stereocenters. The summed E-state index contributed by atoms with van der Waals surface area (Å²) >= 11 is 1.64. The van der Waals surface area contributed by atoms with Gasteiger partial charge >= 0.3 is 0 Å². The van der Waals surface area contributed by atoms with Crippen molar-refractivity contribution in [2.75, 3.05) is 26.2 Å². The molecule has 1 spiro atoms. The van der Waals surface area contributed by atoms with Crippen LogP contribution in [-0.2, 0) is 4.79 Å². The number of piperidine rings is 1. The second-order valence-electron chi connectivity index (χ2n) is 9.51. The molecule has 7 heteroatoms. The van der Waals surface area contributed by atoms with E-state index in [0.29, 0.717) is 5.41 Å². The summed E-state index contributed by atoms with van der Waals surface area (Å²) in [5.74, 6) is 0.262. The topological polar surface area (TPSA) is 70.2 Å². The lowest BCUT2D eigenvalue weighted by Crippen LogP contribution is -2.43. The van der Waals surface area contributed by atoms with Gasteiger partial charge in [-0.2, -0.15) is 0 Å². The third-order valence-corrected chi connectivity index (χ3v) is 8.61. The molecule has 3 aromatic rings. The molecule has 166 valence electrons. The van der Waals surface area contributed by atoms with Crippen LogP contribution < -0.4 is 10.6 Å². The Labute approximate surface area is 192 Å². The Balaban J connectivity index is 1.26. The zero-order valence-electron chi connectivity index (χ0n) is 18.2. The third kappa shape index (κ3) is 3.52. The van der Waals surface area contributed by atoms with Crippen molar-refractivity contribution in [3.63, 3.8) is 0 Å². The predicted octanol–water partition coefficient (Wildman–Crippen LogP) is 3.75. The highest BCUT2D eigenvalue weighted by molar-refractivity contribution is 7.18. The van der Waals surface area contributed by atoms with Crippen LogP contribution in [0.3, 0.4) is 0 Å². The van der Waals surface area contributed by atoms with Gasteiger partial charge in [0.2, 0.25) is 5.91 Å². The Morgan fingerprint density at radius 1 is 1.16 bits per heavy atom. The van der Waals surface area contributed by atoms with Crippen LogP contribution in [0.5, 0.6) is 0 Å². The maximum Gasteiger partial charge on any atom is 0.240 e. The molecule has 6 nitrogen and oxygen atoms in total. The molecule has 3 aliphatic rings. The van der Waals surface area contributed by atoms with E-state index in [4.69, 9.17) is 4.98 Å². The number of nitrogens with zero attached hydrogens (tertiary/aromatic N) is 3. The maximum absolute atomic E-state index is 13.6. The van der Waals surface area contributed by atoms with E-state index in [1.165, 1.54) is 12.8 Å². The van der Waals surface area contributed by atoms with Crippen LogP contribution in [0.2, 0.25) is 0 Å². The van der Waals surface area contributed by atoms with E-state index in [0.717, 1.165) is 71.9 Å². The summed E-state index contributed by atoms with van der Waals surface area (Å²) < 4.78 is 0. The Bertz CT molecular complexity index is 1120. The zero-order chi connectivity index (χ0) is 21.5. The molecule has 0 bridgehead atoms. The van der Waals surface area contributed by atoms with Gasteiger partial charge in [0.25, 0.3) is 0 Å². The third-order valence-electron chi connectivity index (χ3n) is 7.54. The number of rotatable bonds is 3. The fraction of sp³-hybridized carbons (Fsp3) is 0.480. The van der Waals surface area contributed by atoms with Crippen LogP contribution in [0.4, 0.5) is 0 Å². The summed E-state index contributed by atoms with van der Waals surface area (Å²) in [6, 6.07) is 12.4. The molecule has 1 amide bonds. The highest BCUT2D eigenvalue weighted by Gasteiger charge is 2.45. The van der Waals surface area contributed by atoms with Crippen molar-refractivity contribution in [3.05, 3.63) is 47.6 Å². The van der Waals surface area contributed by atoms with Gasteiger partial charge in [-0.25, -0.2) is 9.97 Å². The number of likely N-dealkylation sites (tertiary alicyclic amines) is 1. The fourth-order valence-corrected chi connectivity index (χ4v) is 6.84. The van der Waals surface area contributed by atoms with Crippen molar-refractivity contribution < 1.29 is 4.79 Å². The number of nitrogens with one attached hydrogen (secondary N) is 2. The molecule has 0 aliphatic carbocycles. The number of carbonyl (C=O) groups excluding carboxylic acids is 1. The van der Waals surface area contributed by atoms with Crippen molar-refractivity contribution in [2.45, 2.75) is 44.2 Å². The lowest BCUT2D eigenvalue weighted by molar-refractivity contribution is -0.134. The number of thiazole rings is 1. The number of hydrogen-bond donors (Lipinski definition) is 2. The van der Waals surface area contributed by atoms with E-state index in [2.05, 4.69) is 44.8 Å². The van der Waals surface area contributed by atoms with Gasteiger partial charge in [0.05, 0.1) is 12.1 Å². The molecule has 2 N–H and O–H groups in total. The van der Waals surface area contributed by atoms with Crippen molar-refractivity contribution in [1.82, 2.24) is 25.5 Å². The van der Waals surface area contributed by atoms with E-state index >= 15 is 0 Å². The number of pyridine rings is 1. The highest BCUT2D eigenvalue weighted by atomic mass is 32.1. The molecule has 3 aliphatic heterocycles. The van der Waals surface area contributed by atoms with Crippen molar-refractivity contribution >= 4 is 27.6 Å². The molecular formula is C25H29N5OS. The minimum absolute atomic E-state index is 0.0546.